The number of rotatable bonds is 4. The Balaban J connectivity index is 1.79. The van der Waals surface area contributed by atoms with Gasteiger partial charge in [-0.1, -0.05) is 11.6 Å². The monoisotopic (exact) mass is 256 g/mol. The summed E-state index contributed by atoms with van der Waals surface area (Å²) in [5.41, 5.74) is 6.41. The first-order chi connectivity index (χ1) is 8.25. The van der Waals surface area contributed by atoms with Gasteiger partial charge in [0.2, 0.25) is 0 Å². The summed E-state index contributed by atoms with van der Waals surface area (Å²) in [6.07, 6.45) is 0. The second kappa shape index (κ2) is 6.05. The number of hydrogen-bond acceptors (Lipinski definition) is 5. The molecule has 0 unspecified atom stereocenters. The van der Waals surface area contributed by atoms with E-state index in [9.17, 15) is 0 Å². The lowest BCUT2D eigenvalue weighted by molar-refractivity contribution is 0.0398. The van der Waals surface area contributed by atoms with E-state index in [1.807, 2.05) is 0 Å². The number of nitrogens with zero attached hydrogens (tertiary/aromatic N) is 2. The molecule has 1 aromatic rings. The van der Waals surface area contributed by atoms with E-state index >= 15 is 0 Å². The molecule has 2 rings (SSSR count). The topological polar surface area (TPSA) is 63.4 Å². The van der Waals surface area contributed by atoms with Gasteiger partial charge in [-0.3, -0.25) is 4.90 Å². The van der Waals surface area contributed by atoms with Crippen molar-refractivity contribution in [3.63, 3.8) is 0 Å². The molecule has 5 nitrogen and oxygen atoms in total. The molecule has 0 radical (unpaired) electrons. The van der Waals surface area contributed by atoms with Gasteiger partial charge >= 0.3 is 0 Å². The fourth-order valence-corrected chi connectivity index (χ4v) is 1.89. The quantitative estimate of drug-likeness (QED) is 0.789. The van der Waals surface area contributed by atoms with Crippen molar-refractivity contribution in [1.82, 2.24) is 9.88 Å². The third kappa shape index (κ3) is 3.73. The number of hydrogen-bond donors (Lipinski definition) is 2. The second-order valence-corrected chi connectivity index (χ2v) is 4.34. The Morgan fingerprint density at radius 1 is 1.41 bits per heavy atom. The zero-order chi connectivity index (χ0) is 12.1. The van der Waals surface area contributed by atoms with E-state index in [4.69, 9.17) is 22.1 Å². The summed E-state index contributed by atoms with van der Waals surface area (Å²) in [6, 6.07) is 3.44. The van der Waals surface area contributed by atoms with Gasteiger partial charge in [0.25, 0.3) is 0 Å². The van der Waals surface area contributed by atoms with Crippen LogP contribution in [0.15, 0.2) is 12.1 Å². The molecule has 2 heterocycles. The molecule has 0 aromatic carbocycles. The SMILES string of the molecule is Nc1ccc(Cl)nc1NCCN1CCOCC1. The van der Waals surface area contributed by atoms with Crippen LogP contribution in [0.25, 0.3) is 0 Å². The van der Waals surface area contributed by atoms with Gasteiger partial charge in [0, 0.05) is 26.2 Å². The molecule has 0 bridgehead atoms. The molecule has 1 aliphatic rings. The van der Waals surface area contributed by atoms with Crippen molar-refractivity contribution in [2.45, 2.75) is 0 Å². The molecular weight excluding hydrogens is 240 g/mol. The Morgan fingerprint density at radius 2 is 2.18 bits per heavy atom. The van der Waals surface area contributed by atoms with E-state index in [-0.39, 0.29) is 0 Å². The minimum absolute atomic E-state index is 0.452. The molecule has 6 heteroatoms. The summed E-state index contributed by atoms with van der Waals surface area (Å²) >= 11 is 5.81. The molecule has 3 N–H and O–H groups in total. The van der Waals surface area contributed by atoms with Crippen molar-refractivity contribution in [3.8, 4) is 0 Å². The molecule has 0 spiro atoms. The number of morpholine rings is 1. The molecule has 0 aliphatic carbocycles. The first kappa shape index (κ1) is 12.4. The van der Waals surface area contributed by atoms with E-state index in [0.717, 1.165) is 39.4 Å². The minimum Gasteiger partial charge on any atom is -0.396 e. The highest BCUT2D eigenvalue weighted by atomic mass is 35.5. The van der Waals surface area contributed by atoms with E-state index in [0.29, 0.717) is 16.7 Å². The van der Waals surface area contributed by atoms with Crippen LogP contribution in [0, 0.1) is 0 Å². The smallest absolute Gasteiger partial charge is 0.151 e. The largest absolute Gasteiger partial charge is 0.396 e. The maximum absolute atomic E-state index is 5.81. The lowest BCUT2D eigenvalue weighted by Crippen LogP contribution is -2.39. The zero-order valence-corrected chi connectivity index (χ0v) is 10.4. The van der Waals surface area contributed by atoms with Crippen LogP contribution in [0.2, 0.25) is 5.15 Å². The molecular formula is C11H17ClN4O. The van der Waals surface area contributed by atoms with Crippen LogP contribution >= 0.6 is 11.6 Å². The van der Waals surface area contributed by atoms with Crippen LogP contribution in [0.3, 0.4) is 0 Å². The Hall–Kier alpha value is -1.04. The molecule has 0 amide bonds. The van der Waals surface area contributed by atoms with E-state index in [1.165, 1.54) is 0 Å². The van der Waals surface area contributed by atoms with E-state index in [1.54, 1.807) is 12.1 Å². The van der Waals surface area contributed by atoms with E-state index in [2.05, 4.69) is 15.2 Å². The van der Waals surface area contributed by atoms with Gasteiger partial charge in [0.15, 0.2) is 5.82 Å². The van der Waals surface area contributed by atoms with Crippen molar-refractivity contribution in [2.24, 2.45) is 0 Å². The third-order valence-electron chi connectivity index (χ3n) is 2.72. The number of nitrogens with two attached hydrogens (primary N) is 1. The normalized spacial score (nSPS) is 17.0. The van der Waals surface area contributed by atoms with Gasteiger partial charge in [-0.05, 0) is 12.1 Å². The molecule has 17 heavy (non-hydrogen) atoms. The van der Waals surface area contributed by atoms with Gasteiger partial charge in [0.1, 0.15) is 5.15 Å². The molecule has 94 valence electrons. The van der Waals surface area contributed by atoms with Crippen molar-refractivity contribution in [2.75, 3.05) is 50.4 Å². The van der Waals surface area contributed by atoms with Gasteiger partial charge < -0.3 is 15.8 Å². The Kier molecular flexibility index (Phi) is 4.42. The Morgan fingerprint density at radius 3 is 2.94 bits per heavy atom. The summed E-state index contributed by atoms with van der Waals surface area (Å²) in [7, 11) is 0. The number of halogens is 1. The molecule has 1 fully saturated rings. The van der Waals surface area contributed by atoms with Crippen LogP contribution in [0.1, 0.15) is 0 Å². The minimum atomic E-state index is 0.452. The molecule has 0 atom stereocenters. The first-order valence-corrected chi connectivity index (χ1v) is 6.09. The van der Waals surface area contributed by atoms with Crippen LogP contribution in [0.4, 0.5) is 11.5 Å². The summed E-state index contributed by atoms with van der Waals surface area (Å²) in [4.78, 5) is 6.49. The number of nitrogen functional groups attached to an aromatic ring is 1. The lowest BCUT2D eigenvalue weighted by atomic mass is 10.3. The van der Waals surface area contributed by atoms with Gasteiger partial charge in [-0.15, -0.1) is 0 Å². The van der Waals surface area contributed by atoms with Crippen LogP contribution in [0.5, 0.6) is 0 Å². The van der Waals surface area contributed by atoms with Crippen LogP contribution in [-0.2, 0) is 4.74 Å². The molecule has 1 saturated heterocycles. The summed E-state index contributed by atoms with van der Waals surface area (Å²) < 4.78 is 5.29. The van der Waals surface area contributed by atoms with Crippen molar-refractivity contribution >= 4 is 23.1 Å². The predicted molar refractivity (Wildman–Crippen MR) is 69.4 cm³/mol. The molecule has 0 saturated carbocycles. The second-order valence-electron chi connectivity index (χ2n) is 3.95. The number of nitrogens with one attached hydrogen (secondary N) is 1. The lowest BCUT2D eigenvalue weighted by Gasteiger charge is -2.26. The standard InChI is InChI=1S/C11H17ClN4O/c12-10-2-1-9(13)11(15-10)14-3-4-16-5-7-17-8-6-16/h1-2H,3-8,13H2,(H,14,15). The zero-order valence-electron chi connectivity index (χ0n) is 9.66. The Bertz CT molecular complexity index is 368. The average molecular weight is 257 g/mol. The van der Waals surface area contributed by atoms with Crippen LogP contribution < -0.4 is 11.1 Å². The number of aromatic nitrogens is 1. The van der Waals surface area contributed by atoms with Crippen molar-refractivity contribution < 1.29 is 4.74 Å². The first-order valence-electron chi connectivity index (χ1n) is 5.72. The summed E-state index contributed by atoms with van der Waals surface area (Å²) in [5.74, 6) is 0.658. The fourth-order valence-electron chi connectivity index (χ4n) is 1.74. The maximum atomic E-state index is 5.81. The third-order valence-corrected chi connectivity index (χ3v) is 2.93. The number of anilines is 2. The Labute approximate surface area is 106 Å². The van der Waals surface area contributed by atoms with Crippen LogP contribution in [-0.4, -0.2) is 49.3 Å². The highest BCUT2D eigenvalue weighted by Gasteiger charge is 2.09. The van der Waals surface area contributed by atoms with Gasteiger partial charge in [-0.25, -0.2) is 4.98 Å². The summed E-state index contributed by atoms with van der Waals surface area (Å²) in [6.45, 7) is 5.36. The predicted octanol–water partition coefficient (Wildman–Crippen LogP) is 1.06. The molecule has 1 aliphatic heterocycles. The van der Waals surface area contributed by atoms with Gasteiger partial charge in [-0.2, -0.15) is 0 Å². The molecule has 1 aromatic heterocycles. The highest BCUT2D eigenvalue weighted by molar-refractivity contribution is 6.29. The summed E-state index contributed by atoms with van der Waals surface area (Å²) in [5, 5.41) is 3.65. The average Bonchev–Trinajstić information content (AvgIpc) is 2.35. The maximum Gasteiger partial charge on any atom is 0.151 e. The highest BCUT2D eigenvalue weighted by Crippen LogP contribution is 2.17. The van der Waals surface area contributed by atoms with Gasteiger partial charge in [0.05, 0.1) is 18.9 Å². The number of pyridine rings is 1. The van der Waals surface area contributed by atoms with E-state index < -0.39 is 0 Å². The van der Waals surface area contributed by atoms with Crippen molar-refractivity contribution in [1.29, 1.82) is 0 Å². The number of ether oxygens (including phenoxy) is 1. The van der Waals surface area contributed by atoms with Crippen molar-refractivity contribution in [3.05, 3.63) is 17.3 Å². The fraction of sp³-hybridized carbons (Fsp3) is 0.545.